The lowest BCUT2D eigenvalue weighted by atomic mass is 10.1. The number of aromatic nitrogens is 2. The molecule has 0 saturated carbocycles. The average Bonchev–Trinajstić information content (AvgIpc) is 3.14. The Bertz CT molecular complexity index is 926. The predicted octanol–water partition coefficient (Wildman–Crippen LogP) is 0.318. The molecule has 1 atom stereocenters. The summed E-state index contributed by atoms with van der Waals surface area (Å²) in [4.78, 5) is 28.4. The second-order valence-electron chi connectivity index (χ2n) is 6.65. The summed E-state index contributed by atoms with van der Waals surface area (Å²) in [5, 5.41) is 18.5. The van der Waals surface area contributed by atoms with Gasteiger partial charge in [0.15, 0.2) is 18.1 Å². The third-order valence-electron chi connectivity index (χ3n) is 4.74. The van der Waals surface area contributed by atoms with E-state index in [0.29, 0.717) is 24.6 Å². The van der Waals surface area contributed by atoms with Crippen LogP contribution in [0.15, 0.2) is 28.8 Å². The maximum Gasteiger partial charge on any atom is 0.252 e. The van der Waals surface area contributed by atoms with E-state index in [0.717, 1.165) is 0 Å². The molecule has 1 unspecified atom stereocenters. The van der Waals surface area contributed by atoms with Crippen molar-refractivity contribution in [1.82, 2.24) is 15.1 Å². The number of carbonyl (C=O) groups excluding carboxylic acids is 2. The van der Waals surface area contributed by atoms with Crippen molar-refractivity contribution in [2.75, 3.05) is 18.5 Å². The van der Waals surface area contributed by atoms with Gasteiger partial charge in [-0.1, -0.05) is 4.68 Å². The topological polar surface area (TPSA) is 115 Å². The highest BCUT2D eigenvalue weighted by Gasteiger charge is 2.44. The number of aryl methyl sites for hydroxylation is 1. The normalized spacial score (nSPS) is 16.3. The summed E-state index contributed by atoms with van der Waals surface area (Å²) >= 11 is 5.42. The first-order valence-corrected chi connectivity index (χ1v) is 9.93. The molecule has 1 N–H and O–H groups in total. The Morgan fingerprint density at radius 2 is 2.07 bits per heavy atom. The largest absolute Gasteiger partial charge is 0.539 e. The van der Waals surface area contributed by atoms with E-state index in [1.165, 1.54) is 9.58 Å². The molecule has 10 nitrogen and oxygen atoms in total. The molecule has 0 spiro atoms. The smallest absolute Gasteiger partial charge is 0.252 e. The molecule has 160 valence electrons. The van der Waals surface area contributed by atoms with Crippen LogP contribution < -0.4 is 19.8 Å². The molecule has 1 aromatic carbocycles. The number of anilines is 1. The van der Waals surface area contributed by atoms with Crippen LogP contribution in [0.4, 0.5) is 5.69 Å². The van der Waals surface area contributed by atoms with E-state index in [1.54, 1.807) is 43.1 Å². The van der Waals surface area contributed by atoms with Crippen LogP contribution >= 0.6 is 12.2 Å². The van der Waals surface area contributed by atoms with Crippen LogP contribution in [0.25, 0.3) is 0 Å². The zero-order valence-electron chi connectivity index (χ0n) is 17.0. The first kappa shape index (κ1) is 21.5. The Balaban J connectivity index is 1.74. The minimum absolute atomic E-state index is 0.0148. The molecule has 1 aromatic heterocycles. The second-order valence-corrected chi connectivity index (χ2v) is 7.01. The number of likely N-dealkylation sites (N-methyl/N-ethyl adjacent to an activating group) is 1. The first-order chi connectivity index (χ1) is 14.3. The maximum atomic E-state index is 12.8. The van der Waals surface area contributed by atoms with Crippen molar-refractivity contribution in [1.29, 1.82) is 0 Å². The fourth-order valence-electron chi connectivity index (χ4n) is 3.21. The van der Waals surface area contributed by atoms with Crippen molar-refractivity contribution < 1.29 is 28.6 Å². The molecular formula is C19H23N5O5S. The first-order valence-electron chi connectivity index (χ1n) is 9.52. The SMILES string of the molecule is CCOc1ccc(NC(=O)CC2C(=O)N(CC)C(=S)N2Cc2c([O-])on[n+]2C)cc1. The Morgan fingerprint density at radius 3 is 2.63 bits per heavy atom. The molecule has 1 fully saturated rings. The number of nitrogens with zero attached hydrogens (tertiary/aromatic N) is 4. The summed E-state index contributed by atoms with van der Waals surface area (Å²) in [5.74, 6) is -0.539. The third-order valence-corrected chi connectivity index (χ3v) is 5.20. The monoisotopic (exact) mass is 433 g/mol. The zero-order valence-corrected chi connectivity index (χ0v) is 17.8. The molecule has 3 rings (SSSR count). The van der Waals surface area contributed by atoms with Crippen LogP contribution in [-0.2, 0) is 23.2 Å². The standard InChI is InChI=1S/C19H23N5O5S/c1-4-23-17(26)14(24(19(23)30)11-15-18(27)29-21-22(15)3)10-16(25)20-12-6-8-13(9-7-12)28-5-2/h6-9,14H,4-5,10-11H2,1-3H3,(H-,20,21,25,27). The summed E-state index contributed by atoms with van der Waals surface area (Å²) in [6, 6.07) is 6.13. The molecule has 11 heteroatoms. The summed E-state index contributed by atoms with van der Waals surface area (Å²) in [6.07, 6.45) is -0.119. The summed E-state index contributed by atoms with van der Waals surface area (Å²) in [5.41, 5.74) is 0.822. The van der Waals surface area contributed by atoms with Crippen LogP contribution in [0.1, 0.15) is 26.0 Å². The van der Waals surface area contributed by atoms with Gasteiger partial charge in [0.05, 0.1) is 18.3 Å². The van der Waals surface area contributed by atoms with Gasteiger partial charge in [0.25, 0.3) is 11.6 Å². The van der Waals surface area contributed by atoms with E-state index in [4.69, 9.17) is 17.0 Å². The maximum absolute atomic E-state index is 12.8. The summed E-state index contributed by atoms with van der Waals surface area (Å²) < 4.78 is 11.3. The van der Waals surface area contributed by atoms with Crippen LogP contribution in [0.3, 0.4) is 0 Å². The van der Waals surface area contributed by atoms with Gasteiger partial charge < -0.3 is 24.6 Å². The molecule has 2 heterocycles. The molecule has 0 bridgehead atoms. The van der Waals surface area contributed by atoms with Gasteiger partial charge in [-0.25, -0.2) is 0 Å². The lowest BCUT2D eigenvalue weighted by Gasteiger charge is -2.22. The molecule has 2 amide bonds. The average molecular weight is 433 g/mol. The number of hydrogen-bond donors (Lipinski definition) is 1. The number of carbonyl (C=O) groups is 2. The minimum atomic E-state index is -0.825. The van der Waals surface area contributed by atoms with E-state index in [2.05, 4.69) is 15.1 Å². The van der Waals surface area contributed by atoms with E-state index >= 15 is 0 Å². The number of nitrogens with one attached hydrogen (secondary N) is 1. The Kier molecular flexibility index (Phi) is 6.50. The van der Waals surface area contributed by atoms with Gasteiger partial charge in [0.1, 0.15) is 18.3 Å². The van der Waals surface area contributed by atoms with Crippen molar-refractivity contribution in [2.45, 2.75) is 32.9 Å². The van der Waals surface area contributed by atoms with Crippen molar-refractivity contribution >= 4 is 34.8 Å². The highest BCUT2D eigenvalue weighted by Crippen LogP contribution is 2.25. The Labute approximate surface area is 179 Å². The molecule has 2 aromatic rings. The van der Waals surface area contributed by atoms with Crippen molar-refractivity contribution in [3.05, 3.63) is 30.0 Å². The van der Waals surface area contributed by atoms with Crippen LogP contribution in [0, 0.1) is 0 Å². The summed E-state index contributed by atoms with van der Waals surface area (Å²) in [7, 11) is 1.56. The van der Waals surface area contributed by atoms with Gasteiger partial charge in [-0.15, -0.1) is 0 Å². The molecular weight excluding hydrogens is 410 g/mol. The van der Waals surface area contributed by atoms with Gasteiger partial charge in [-0.2, -0.15) is 0 Å². The molecule has 1 aliphatic rings. The van der Waals surface area contributed by atoms with Gasteiger partial charge in [0.2, 0.25) is 5.91 Å². The van der Waals surface area contributed by atoms with Crippen LogP contribution in [0.5, 0.6) is 11.7 Å². The molecule has 0 aliphatic carbocycles. The van der Waals surface area contributed by atoms with E-state index in [-0.39, 0.29) is 35.6 Å². The van der Waals surface area contributed by atoms with Crippen molar-refractivity contribution in [3.8, 4) is 11.7 Å². The lowest BCUT2D eigenvalue weighted by molar-refractivity contribution is -0.746. The number of hydrogen-bond acceptors (Lipinski definition) is 7. The number of amides is 2. The third kappa shape index (κ3) is 4.35. The van der Waals surface area contributed by atoms with Gasteiger partial charge in [-0.3, -0.25) is 14.5 Å². The number of thiocarbonyl (C=S) groups is 1. The van der Waals surface area contributed by atoms with Crippen LogP contribution in [-0.4, -0.2) is 51.2 Å². The van der Waals surface area contributed by atoms with Crippen LogP contribution in [0.2, 0.25) is 0 Å². The predicted molar refractivity (Wildman–Crippen MR) is 107 cm³/mol. The van der Waals surface area contributed by atoms with Crippen molar-refractivity contribution in [2.24, 2.45) is 7.05 Å². The van der Waals surface area contributed by atoms with E-state index in [1.807, 2.05) is 6.92 Å². The lowest BCUT2D eigenvalue weighted by Crippen LogP contribution is -2.42. The molecule has 30 heavy (non-hydrogen) atoms. The number of rotatable bonds is 8. The van der Waals surface area contributed by atoms with Crippen molar-refractivity contribution in [3.63, 3.8) is 0 Å². The molecule has 1 saturated heterocycles. The number of benzene rings is 1. The van der Waals surface area contributed by atoms with Gasteiger partial charge in [0, 0.05) is 12.2 Å². The van der Waals surface area contributed by atoms with E-state index < -0.39 is 12.0 Å². The highest BCUT2D eigenvalue weighted by molar-refractivity contribution is 7.80. The second kappa shape index (κ2) is 9.08. The zero-order chi connectivity index (χ0) is 21.8. The number of ether oxygens (including phenoxy) is 1. The molecule has 0 radical (unpaired) electrons. The van der Waals surface area contributed by atoms with E-state index in [9.17, 15) is 14.7 Å². The Morgan fingerprint density at radius 1 is 1.37 bits per heavy atom. The Hall–Kier alpha value is -3.21. The van der Waals surface area contributed by atoms with Gasteiger partial charge >= 0.3 is 0 Å². The summed E-state index contributed by atoms with van der Waals surface area (Å²) in [6.45, 7) is 4.61. The fourth-order valence-corrected chi connectivity index (χ4v) is 3.62. The molecule has 1 aliphatic heterocycles. The highest BCUT2D eigenvalue weighted by atomic mass is 32.1. The fraction of sp³-hybridized carbons (Fsp3) is 0.421. The minimum Gasteiger partial charge on any atom is -0.539 e. The quantitative estimate of drug-likeness (QED) is 0.468. The van der Waals surface area contributed by atoms with Gasteiger partial charge in [-0.05, 0) is 50.3 Å².